The molecule has 10 nitrogen and oxygen atoms in total. The van der Waals surface area contributed by atoms with E-state index in [2.05, 4.69) is 0 Å². The number of rotatable bonds is 12. The van der Waals surface area contributed by atoms with Gasteiger partial charge in [-0.25, -0.2) is 0 Å². The van der Waals surface area contributed by atoms with Crippen LogP contribution in [0.4, 0.5) is 0 Å². The van der Waals surface area contributed by atoms with Crippen molar-refractivity contribution in [2.24, 2.45) is 23.7 Å². The Morgan fingerprint density at radius 2 is 1.47 bits per heavy atom. The summed E-state index contributed by atoms with van der Waals surface area (Å²) in [6.07, 6.45) is -1.21. The molecule has 0 amide bonds. The third-order valence-electron chi connectivity index (χ3n) is 6.29. The summed E-state index contributed by atoms with van der Waals surface area (Å²) in [5, 5.41) is 23.7. The van der Waals surface area contributed by atoms with Gasteiger partial charge in [0.15, 0.2) is 0 Å². The van der Waals surface area contributed by atoms with Crippen molar-refractivity contribution in [3.8, 4) is 0 Å². The maximum absolute atomic E-state index is 12.5. The molecule has 0 aromatic heterocycles. The minimum Gasteiger partial charge on any atom is -0.462 e. The zero-order valence-corrected chi connectivity index (χ0v) is 22.4. The van der Waals surface area contributed by atoms with Crippen LogP contribution in [0.2, 0.25) is 0 Å². The molecule has 36 heavy (non-hydrogen) atoms. The molecule has 2 N–H and O–H groups in total. The van der Waals surface area contributed by atoms with E-state index in [1.807, 2.05) is 41.5 Å². The molecule has 0 saturated heterocycles. The van der Waals surface area contributed by atoms with E-state index >= 15 is 0 Å². The highest BCUT2D eigenvalue weighted by Crippen LogP contribution is 2.53. The summed E-state index contributed by atoms with van der Waals surface area (Å²) < 4.78 is 27.5. The van der Waals surface area contributed by atoms with E-state index in [9.17, 15) is 24.6 Å². The number of hydrogen-bond donors (Lipinski definition) is 2. The summed E-state index contributed by atoms with van der Waals surface area (Å²) in [6, 6.07) is 0. The summed E-state index contributed by atoms with van der Waals surface area (Å²) in [4.78, 5) is 37.2. The maximum atomic E-state index is 12.5. The monoisotopic (exact) mass is 514 g/mol. The van der Waals surface area contributed by atoms with Gasteiger partial charge >= 0.3 is 17.9 Å². The molecular weight excluding hydrogens is 472 g/mol. The Hall–Kier alpha value is -2.17. The lowest BCUT2D eigenvalue weighted by molar-refractivity contribution is -0.240. The van der Waals surface area contributed by atoms with Crippen LogP contribution < -0.4 is 0 Å². The normalized spacial score (nSPS) is 29.6. The molecule has 1 heterocycles. The quantitative estimate of drug-likeness (QED) is 0.295. The lowest BCUT2D eigenvalue weighted by atomic mass is 9.77. The molecule has 2 aliphatic rings. The SMILES string of the molecule is COC[C@@]1(O)[C@@H](OC(=O)CC(C)C)C[C@]2(O)C(COC(=O)CC(C)C)=CO[C@@H](OC(=O)CC(C)C)[C@H]12. The van der Waals surface area contributed by atoms with Gasteiger partial charge in [-0.15, -0.1) is 0 Å². The van der Waals surface area contributed by atoms with Gasteiger partial charge in [-0.2, -0.15) is 0 Å². The van der Waals surface area contributed by atoms with E-state index in [0.717, 1.165) is 0 Å². The summed E-state index contributed by atoms with van der Waals surface area (Å²) in [5.74, 6) is -2.74. The first kappa shape index (κ1) is 30.1. The Morgan fingerprint density at radius 1 is 0.944 bits per heavy atom. The van der Waals surface area contributed by atoms with Crippen LogP contribution >= 0.6 is 0 Å². The smallest absolute Gasteiger partial charge is 0.309 e. The molecule has 0 aromatic carbocycles. The lowest BCUT2D eigenvalue weighted by Gasteiger charge is -2.44. The van der Waals surface area contributed by atoms with E-state index in [0.29, 0.717) is 0 Å². The Bertz CT molecular complexity index is 820. The molecule has 1 aliphatic carbocycles. The first-order valence-electron chi connectivity index (χ1n) is 12.6. The van der Waals surface area contributed by atoms with Crippen molar-refractivity contribution < 1.29 is 48.3 Å². The van der Waals surface area contributed by atoms with Gasteiger partial charge in [0.2, 0.25) is 0 Å². The Labute approximate surface area is 213 Å². The van der Waals surface area contributed by atoms with E-state index in [4.69, 9.17) is 23.7 Å². The van der Waals surface area contributed by atoms with E-state index in [-0.39, 0.29) is 62.2 Å². The minimum atomic E-state index is -1.96. The Balaban J connectivity index is 2.42. The Kier molecular flexibility index (Phi) is 10.3. The second-order valence-electron chi connectivity index (χ2n) is 11.1. The summed E-state index contributed by atoms with van der Waals surface area (Å²) in [6.45, 7) is 10.5. The zero-order valence-electron chi connectivity index (χ0n) is 22.4. The minimum absolute atomic E-state index is 0.0117. The number of hydrogen-bond acceptors (Lipinski definition) is 10. The van der Waals surface area contributed by atoms with Gasteiger partial charge in [0.25, 0.3) is 6.29 Å². The van der Waals surface area contributed by atoms with Crippen molar-refractivity contribution in [1.82, 2.24) is 0 Å². The van der Waals surface area contributed by atoms with Crippen molar-refractivity contribution in [2.45, 2.75) is 90.8 Å². The van der Waals surface area contributed by atoms with Gasteiger partial charge in [0.1, 0.15) is 29.8 Å². The Morgan fingerprint density at radius 3 is 2.00 bits per heavy atom. The van der Waals surface area contributed by atoms with Crippen LogP contribution in [0.1, 0.15) is 67.2 Å². The topological polar surface area (TPSA) is 138 Å². The largest absolute Gasteiger partial charge is 0.462 e. The highest BCUT2D eigenvalue weighted by Gasteiger charge is 2.70. The van der Waals surface area contributed by atoms with Crippen molar-refractivity contribution >= 4 is 17.9 Å². The van der Waals surface area contributed by atoms with E-state index in [1.54, 1.807) is 0 Å². The van der Waals surface area contributed by atoms with Crippen LogP contribution in [0.25, 0.3) is 0 Å². The molecule has 10 heteroatoms. The number of esters is 3. The predicted octanol–water partition coefficient (Wildman–Crippen LogP) is 2.49. The van der Waals surface area contributed by atoms with E-state index < -0.39 is 47.4 Å². The van der Waals surface area contributed by atoms with Gasteiger partial charge in [-0.3, -0.25) is 14.4 Å². The molecule has 5 atom stereocenters. The number of ether oxygens (including phenoxy) is 5. The molecule has 0 bridgehead atoms. The van der Waals surface area contributed by atoms with Gasteiger partial charge < -0.3 is 33.9 Å². The zero-order chi connectivity index (χ0) is 27.3. The van der Waals surface area contributed by atoms with Crippen LogP contribution in [0.15, 0.2) is 11.8 Å². The standard InChI is InChI=1S/C26H42O10/c1-15(2)8-20(27)33-12-18-13-34-24(36-22(29)10-17(5)6)23-25(18,30)11-19(26(23,31)14-32-7)35-21(28)9-16(3)4/h13,15-17,19,23-24,30-31H,8-12,14H2,1-7H3/t19-,23-,24-,25-,26+/m0/s1. The average Bonchev–Trinajstić information content (AvgIpc) is 2.93. The molecule has 0 aromatic rings. The summed E-state index contributed by atoms with van der Waals surface area (Å²) in [7, 11) is 1.36. The highest BCUT2D eigenvalue weighted by atomic mass is 16.7. The van der Waals surface area contributed by atoms with Crippen LogP contribution in [0, 0.1) is 23.7 Å². The predicted molar refractivity (Wildman–Crippen MR) is 128 cm³/mol. The van der Waals surface area contributed by atoms with Crippen molar-refractivity contribution in [1.29, 1.82) is 0 Å². The first-order chi connectivity index (χ1) is 16.7. The van der Waals surface area contributed by atoms with Crippen LogP contribution in [0.5, 0.6) is 0 Å². The van der Waals surface area contributed by atoms with Crippen molar-refractivity contribution in [3.63, 3.8) is 0 Å². The molecule has 0 spiro atoms. The molecule has 0 unspecified atom stereocenters. The second kappa shape index (κ2) is 12.4. The second-order valence-corrected chi connectivity index (χ2v) is 11.1. The number of carbonyl (C=O) groups is 3. The van der Waals surface area contributed by atoms with Gasteiger partial charge in [-0.05, 0) is 17.8 Å². The number of carbonyl (C=O) groups excluding carboxylic acids is 3. The van der Waals surface area contributed by atoms with Crippen molar-refractivity contribution in [3.05, 3.63) is 11.8 Å². The van der Waals surface area contributed by atoms with E-state index in [1.165, 1.54) is 13.4 Å². The fourth-order valence-electron chi connectivity index (χ4n) is 4.74. The number of methoxy groups -OCH3 is 1. The highest BCUT2D eigenvalue weighted by molar-refractivity contribution is 5.71. The average molecular weight is 515 g/mol. The summed E-state index contributed by atoms with van der Waals surface area (Å²) in [5.41, 5.74) is -3.66. The summed E-state index contributed by atoms with van der Waals surface area (Å²) >= 11 is 0. The first-order valence-corrected chi connectivity index (χ1v) is 12.6. The number of fused-ring (bicyclic) bond motifs is 1. The molecule has 1 fully saturated rings. The number of aliphatic hydroxyl groups is 2. The molecule has 206 valence electrons. The van der Waals surface area contributed by atoms with Crippen LogP contribution in [0.3, 0.4) is 0 Å². The fourth-order valence-corrected chi connectivity index (χ4v) is 4.74. The van der Waals surface area contributed by atoms with Gasteiger partial charge in [0, 0.05) is 38.4 Å². The molecule has 0 radical (unpaired) electrons. The third kappa shape index (κ3) is 7.20. The maximum Gasteiger partial charge on any atom is 0.309 e. The van der Waals surface area contributed by atoms with Gasteiger partial charge in [0.05, 0.1) is 12.9 Å². The molecule has 2 rings (SSSR count). The molecule has 1 saturated carbocycles. The van der Waals surface area contributed by atoms with Gasteiger partial charge in [-0.1, -0.05) is 41.5 Å². The molecular formula is C26H42O10. The lowest BCUT2D eigenvalue weighted by Crippen LogP contribution is -2.59. The van der Waals surface area contributed by atoms with Crippen molar-refractivity contribution in [2.75, 3.05) is 20.3 Å². The fraction of sp³-hybridized carbons (Fsp3) is 0.808. The molecule has 1 aliphatic heterocycles. The van der Waals surface area contributed by atoms with Crippen LogP contribution in [-0.4, -0.2) is 72.0 Å². The third-order valence-corrected chi connectivity index (χ3v) is 6.29. The van der Waals surface area contributed by atoms with Crippen LogP contribution in [-0.2, 0) is 38.1 Å².